The quantitative estimate of drug-likeness (QED) is 0.627. The molecule has 32 heavy (non-hydrogen) atoms. The van der Waals surface area contributed by atoms with E-state index in [0.29, 0.717) is 26.0 Å². The van der Waals surface area contributed by atoms with E-state index < -0.39 is 23.3 Å². The Kier molecular flexibility index (Phi) is 7.50. The fraction of sp³-hybridized carbons (Fsp3) is 0.652. The van der Waals surface area contributed by atoms with Crippen LogP contribution in [0.4, 0.5) is 18.9 Å². The maximum absolute atomic E-state index is 13.6. The SMILES string of the molecule is COCC(C)(C)NC(=O)CN1CC2(CCC(C(=O)Nc3cc(F)cc(C(F)F)c3)CC2)C1. The number of amides is 2. The molecule has 2 amide bonds. The van der Waals surface area contributed by atoms with E-state index in [2.05, 4.69) is 15.5 Å². The number of hydrogen-bond acceptors (Lipinski definition) is 4. The topological polar surface area (TPSA) is 70.7 Å². The van der Waals surface area contributed by atoms with Gasteiger partial charge in [-0.15, -0.1) is 0 Å². The van der Waals surface area contributed by atoms with Crippen LogP contribution < -0.4 is 10.6 Å². The van der Waals surface area contributed by atoms with Crippen LogP contribution in [0.25, 0.3) is 0 Å². The van der Waals surface area contributed by atoms with Gasteiger partial charge < -0.3 is 15.4 Å². The molecule has 3 rings (SSSR count). The lowest BCUT2D eigenvalue weighted by Crippen LogP contribution is -2.61. The Bertz CT molecular complexity index is 831. The van der Waals surface area contributed by atoms with Crippen LogP contribution in [0.2, 0.25) is 0 Å². The molecule has 0 unspecified atom stereocenters. The zero-order chi connectivity index (χ0) is 23.5. The van der Waals surface area contributed by atoms with Crippen LogP contribution in [-0.2, 0) is 14.3 Å². The Morgan fingerprint density at radius 3 is 2.47 bits per heavy atom. The molecule has 1 saturated carbocycles. The molecule has 1 spiro atoms. The van der Waals surface area contributed by atoms with Gasteiger partial charge in [0.25, 0.3) is 6.43 Å². The number of ether oxygens (including phenoxy) is 1. The van der Waals surface area contributed by atoms with Gasteiger partial charge >= 0.3 is 0 Å². The summed E-state index contributed by atoms with van der Waals surface area (Å²) in [6.45, 7) is 6.24. The average molecular weight is 456 g/mol. The summed E-state index contributed by atoms with van der Waals surface area (Å²) >= 11 is 0. The molecule has 1 aromatic carbocycles. The molecule has 0 aromatic heterocycles. The van der Waals surface area contributed by atoms with Gasteiger partial charge in [0.1, 0.15) is 5.82 Å². The summed E-state index contributed by atoms with van der Waals surface area (Å²) in [5.74, 6) is -1.33. The highest BCUT2D eigenvalue weighted by Crippen LogP contribution is 2.45. The van der Waals surface area contributed by atoms with E-state index in [1.807, 2.05) is 13.8 Å². The van der Waals surface area contributed by atoms with Crippen LogP contribution in [0, 0.1) is 17.2 Å². The molecule has 1 aliphatic carbocycles. The van der Waals surface area contributed by atoms with Crippen LogP contribution in [0.1, 0.15) is 51.5 Å². The van der Waals surface area contributed by atoms with Crippen LogP contribution in [0.15, 0.2) is 18.2 Å². The lowest BCUT2D eigenvalue weighted by atomic mass is 9.65. The van der Waals surface area contributed by atoms with Gasteiger partial charge in [0.05, 0.1) is 18.7 Å². The van der Waals surface area contributed by atoms with Crippen molar-refractivity contribution in [3.05, 3.63) is 29.6 Å². The van der Waals surface area contributed by atoms with Crippen molar-refractivity contribution in [2.45, 2.75) is 51.5 Å². The number of rotatable bonds is 8. The van der Waals surface area contributed by atoms with Crippen molar-refractivity contribution in [1.82, 2.24) is 10.2 Å². The molecule has 9 heteroatoms. The number of benzene rings is 1. The Morgan fingerprint density at radius 1 is 1.22 bits per heavy atom. The fourth-order valence-corrected chi connectivity index (χ4v) is 4.89. The minimum absolute atomic E-state index is 0.0341. The van der Waals surface area contributed by atoms with E-state index in [9.17, 15) is 22.8 Å². The maximum Gasteiger partial charge on any atom is 0.264 e. The summed E-state index contributed by atoms with van der Waals surface area (Å²) in [6.07, 6.45) is 0.298. The number of carbonyl (C=O) groups excluding carboxylic acids is 2. The summed E-state index contributed by atoms with van der Waals surface area (Å²) in [7, 11) is 1.60. The van der Waals surface area contributed by atoms with E-state index in [-0.39, 0.29) is 28.8 Å². The van der Waals surface area contributed by atoms with E-state index >= 15 is 0 Å². The highest BCUT2D eigenvalue weighted by molar-refractivity contribution is 5.92. The van der Waals surface area contributed by atoms with Crippen LogP contribution >= 0.6 is 0 Å². The van der Waals surface area contributed by atoms with Crippen molar-refractivity contribution in [1.29, 1.82) is 0 Å². The third-order valence-electron chi connectivity index (χ3n) is 6.32. The van der Waals surface area contributed by atoms with Gasteiger partial charge in [-0.05, 0) is 63.1 Å². The number of nitrogens with one attached hydrogen (secondary N) is 2. The normalized spacial score (nSPS) is 19.1. The lowest BCUT2D eigenvalue weighted by Gasteiger charge is -2.53. The third kappa shape index (κ3) is 6.22. The van der Waals surface area contributed by atoms with Crippen molar-refractivity contribution in [2.24, 2.45) is 11.3 Å². The largest absolute Gasteiger partial charge is 0.382 e. The molecule has 0 bridgehead atoms. The first kappa shape index (κ1) is 24.5. The molecule has 0 radical (unpaired) electrons. The second-order valence-corrected chi connectivity index (χ2v) is 9.85. The average Bonchev–Trinajstić information content (AvgIpc) is 2.66. The molecule has 1 aromatic rings. The Morgan fingerprint density at radius 2 is 1.88 bits per heavy atom. The van der Waals surface area contributed by atoms with Gasteiger partial charge in [-0.3, -0.25) is 14.5 Å². The van der Waals surface area contributed by atoms with Crippen molar-refractivity contribution < 1.29 is 27.5 Å². The van der Waals surface area contributed by atoms with Crippen LogP contribution in [0.5, 0.6) is 0 Å². The number of nitrogens with zero attached hydrogens (tertiary/aromatic N) is 1. The Balaban J connectivity index is 1.44. The zero-order valence-electron chi connectivity index (χ0n) is 18.8. The Labute approximate surface area is 186 Å². The van der Waals surface area contributed by atoms with Crippen molar-refractivity contribution in [3.8, 4) is 0 Å². The highest BCUT2D eigenvalue weighted by atomic mass is 19.3. The minimum atomic E-state index is -2.80. The first-order chi connectivity index (χ1) is 15.0. The number of carbonyl (C=O) groups is 2. The van der Waals surface area contributed by atoms with Gasteiger partial charge in [-0.25, -0.2) is 13.2 Å². The first-order valence-electron chi connectivity index (χ1n) is 10.9. The van der Waals surface area contributed by atoms with E-state index in [0.717, 1.165) is 44.1 Å². The molecule has 6 nitrogen and oxygen atoms in total. The first-order valence-corrected chi connectivity index (χ1v) is 10.9. The van der Waals surface area contributed by atoms with Crippen LogP contribution in [-0.4, -0.2) is 55.6 Å². The number of likely N-dealkylation sites (tertiary alicyclic amines) is 1. The number of alkyl halides is 2. The molecule has 0 atom stereocenters. The minimum Gasteiger partial charge on any atom is -0.382 e. The number of hydrogen-bond donors (Lipinski definition) is 2. The van der Waals surface area contributed by atoms with E-state index in [1.165, 1.54) is 0 Å². The molecule has 2 aliphatic rings. The fourth-order valence-electron chi connectivity index (χ4n) is 4.89. The third-order valence-corrected chi connectivity index (χ3v) is 6.32. The standard InChI is InChI=1S/C23H32F3N3O3/c1-22(2,14-32-3)28-19(30)11-29-12-23(13-29)6-4-15(5-7-23)21(31)27-18-9-16(20(25)26)8-17(24)10-18/h8-10,15,20H,4-7,11-14H2,1-3H3,(H,27,31)(H,28,30). The molecule has 1 aliphatic heterocycles. The molecule has 2 fully saturated rings. The van der Waals surface area contributed by atoms with Gasteiger partial charge in [0, 0.05) is 37.4 Å². The lowest BCUT2D eigenvalue weighted by molar-refractivity contribution is -0.130. The summed E-state index contributed by atoms with van der Waals surface area (Å²) < 4.78 is 44.4. The number of halogens is 3. The predicted octanol–water partition coefficient (Wildman–Crippen LogP) is 3.74. The second-order valence-electron chi connectivity index (χ2n) is 9.85. The summed E-state index contributed by atoms with van der Waals surface area (Å²) in [5, 5.41) is 5.57. The van der Waals surface area contributed by atoms with E-state index in [4.69, 9.17) is 4.74 Å². The second kappa shape index (κ2) is 9.79. The predicted molar refractivity (Wildman–Crippen MR) is 115 cm³/mol. The number of anilines is 1. The summed E-state index contributed by atoms with van der Waals surface area (Å²) in [6, 6.07) is 2.93. The summed E-state index contributed by atoms with van der Waals surface area (Å²) in [5.41, 5.74) is -0.687. The zero-order valence-corrected chi connectivity index (χ0v) is 18.8. The number of methoxy groups -OCH3 is 1. The van der Waals surface area contributed by atoms with Gasteiger partial charge in [-0.2, -0.15) is 0 Å². The Hall–Kier alpha value is -2.13. The molecule has 1 saturated heterocycles. The van der Waals surface area contributed by atoms with Gasteiger partial charge in [-0.1, -0.05) is 0 Å². The molecular formula is C23H32F3N3O3. The molecular weight excluding hydrogens is 423 g/mol. The van der Waals surface area contributed by atoms with Crippen molar-refractivity contribution in [2.75, 3.05) is 38.7 Å². The van der Waals surface area contributed by atoms with Crippen molar-refractivity contribution in [3.63, 3.8) is 0 Å². The monoisotopic (exact) mass is 455 g/mol. The molecule has 178 valence electrons. The molecule has 1 heterocycles. The maximum atomic E-state index is 13.6. The van der Waals surface area contributed by atoms with Gasteiger partial charge in [0.15, 0.2) is 0 Å². The van der Waals surface area contributed by atoms with Crippen LogP contribution in [0.3, 0.4) is 0 Å². The van der Waals surface area contributed by atoms with E-state index in [1.54, 1.807) is 7.11 Å². The van der Waals surface area contributed by atoms with Gasteiger partial charge in [0.2, 0.25) is 11.8 Å². The molecule has 2 N–H and O–H groups in total. The van der Waals surface area contributed by atoms with Crippen molar-refractivity contribution >= 4 is 17.5 Å². The summed E-state index contributed by atoms with van der Waals surface area (Å²) in [4.78, 5) is 27.0. The highest BCUT2D eigenvalue weighted by Gasteiger charge is 2.46. The smallest absolute Gasteiger partial charge is 0.264 e.